The van der Waals surface area contributed by atoms with E-state index in [1.807, 2.05) is 18.7 Å². The lowest BCUT2D eigenvalue weighted by molar-refractivity contribution is -0.133. The molecule has 0 saturated carbocycles. The standard InChI is InChI=1S/C11H19N2O/c1-8(2)11(14)13-6-9-4-12(3)5-10(9)7-13/h8-10H,3-7H2,1-2H3/q-1/t9-,10+. The van der Waals surface area contributed by atoms with Crippen LogP contribution in [0.5, 0.6) is 0 Å². The molecule has 2 heterocycles. The van der Waals surface area contributed by atoms with Crippen LogP contribution in [0.2, 0.25) is 0 Å². The third kappa shape index (κ3) is 1.65. The first-order valence-corrected chi connectivity index (χ1v) is 5.42. The smallest absolute Gasteiger partial charge is 0.225 e. The van der Waals surface area contributed by atoms with Crippen molar-refractivity contribution < 1.29 is 4.79 Å². The molecule has 2 saturated heterocycles. The van der Waals surface area contributed by atoms with Gasteiger partial charge in [0, 0.05) is 19.0 Å². The van der Waals surface area contributed by atoms with E-state index in [0.717, 1.165) is 26.2 Å². The minimum Gasteiger partial charge on any atom is -0.459 e. The lowest BCUT2D eigenvalue weighted by atomic mass is 10.0. The Morgan fingerprint density at radius 3 is 2.14 bits per heavy atom. The van der Waals surface area contributed by atoms with Gasteiger partial charge < -0.3 is 9.80 Å². The summed E-state index contributed by atoms with van der Waals surface area (Å²) in [6.45, 7) is 7.98. The first-order chi connectivity index (χ1) is 6.58. The maximum absolute atomic E-state index is 11.8. The van der Waals surface area contributed by atoms with Gasteiger partial charge in [0.2, 0.25) is 5.91 Å². The summed E-state index contributed by atoms with van der Waals surface area (Å²) in [6, 6.07) is 0. The van der Waals surface area contributed by atoms with Crippen LogP contribution in [0.4, 0.5) is 0 Å². The Labute approximate surface area is 86.1 Å². The number of nitrogens with zero attached hydrogens (tertiary/aromatic N) is 2. The largest absolute Gasteiger partial charge is 0.459 e. The molecule has 2 rings (SSSR count). The van der Waals surface area contributed by atoms with E-state index in [-0.39, 0.29) is 5.92 Å². The summed E-state index contributed by atoms with van der Waals surface area (Å²) in [4.78, 5) is 15.9. The molecule has 2 fully saturated rings. The van der Waals surface area contributed by atoms with E-state index in [4.69, 9.17) is 0 Å². The zero-order valence-corrected chi connectivity index (χ0v) is 9.07. The Balaban J connectivity index is 1.94. The van der Waals surface area contributed by atoms with Crippen molar-refractivity contribution >= 4 is 5.91 Å². The van der Waals surface area contributed by atoms with Gasteiger partial charge in [0.05, 0.1) is 0 Å². The molecule has 0 bridgehead atoms. The van der Waals surface area contributed by atoms with Crippen molar-refractivity contribution in [2.24, 2.45) is 17.8 Å². The third-order valence-corrected chi connectivity index (χ3v) is 3.37. The molecule has 0 aromatic rings. The van der Waals surface area contributed by atoms with Gasteiger partial charge >= 0.3 is 0 Å². The van der Waals surface area contributed by atoms with Crippen LogP contribution in [-0.4, -0.2) is 41.9 Å². The zero-order chi connectivity index (χ0) is 10.3. The molecule has 0 N–H and O–H groups in total. The first-order valence-electron chi connectivity index (χ1n) is 5.42. The highest BCUT2D eigenvalue weighted by molar-refractivity contribution is 5.78. The summed E-state index contributed by atoms with van der Waals surface area (Å²) < 4.78 is 0. The van der Waals surface area contributed by atoms with E-state index in [9.17, 15) is 4.79 Å². The molecule has 14 heavy (non-hydrogen) atoms. The van der Waals surface area contributed by atoms with Crippen LogP contribution in [0.25, 0.3) is 0 Å². The number of carbonyl (C=O) groups excluding carboxylic acids is 1. The van der Waals surface area contributed by atoms with Crippen molar-refractivity contribution in [1.29, 1.82) is 0 Å². The highest BCUT2D eigenvalue weighted by Crippen LogP contribution is 2.31. The number of fused-ring (bicyclic) bond motifs is 1. The number of hydrogen-bond acceptors (Lipinski definition) is 2. The molecule has 3 heteroatoms. The summed E-state index contributed by atoms with van der Waals surface area (Å²) in [5.41, 5.74) is 0. The van der Waals surface area contributed by atoms with Crippen LogP contribution in [0.3, 0.4) is 0 Å². The second-order valence-corrected chi connectivity index (χ2v) is 4.95. The highest BCUT2D eigenvalue weighted by Gasteiger charge is 2.38. The van der Waals surface area contributed by atoms with Gasteiger partial charge in [-0.3, -0.25) is 11.8 Å². The Hall–Kier alpha value is -0.570. The van der Waals surface area contributed by atoms with Gasteiger partial charge in [0.25, 0.3) is 0 Å². The molecule has 0 aromatic carbocycles. The molecule has 3 nitrogen and oxygen atoms in total. The van der Waals surface area contributed by atoms with E-state index in [0.29, 0.717) is 17.7 Å². The third-order valence-electron chi connectivity index (χ3n) is 3.37. The predicted molar refractivity (Wildman–Crippen MR) is 55.3 cm³/mol. The number of likely N-dealkylation sites (tertiary alicyclic amines) is 2. The topological polar surface area (TPSA) is 23.6 Å². The molecule has 80 valence electrons. The van der Waals surface area contributed by atoms with Gasteiger partial charge in [0.15, 0.2) is 0 Å². The molecule has 2 aliphatic heterocycles. The van der Waals surface area contributed by atoms with E-state index < -0.39 is 0 Å². The number of hydrogen-bond donors (Lipinski definition) is 0. The van der Waals surface area contributed by atoms with Gasteiger partial charge in [-0.05, 0) is 24.9 Å². The Kier molecular flexibility index (Phi) is 2.52. The van der Waals surface area contributed by atoms with Crippen LogP contribution in [0, 0.1) is 24.8 Å². The fourth-order valence-corrected chi connectivity index (χ4v) is 2.64. The minimum atomic E-state index is 0.143. The van der Waals surface area contributed by atoms with Crippen LogP contribution < -0.4 is 0 Å². The van der Waals surface area contributed by atoms with Gasteiger partial charge in [-0.1, -0.05) is 13.8 Å². The molecule has 0 radical (unpaired) electrons. The Bertz CT molecular complexity index is 225. The van der Waals surface area contributed by atoms with Gasteiger partial charge in [0.1, 0.15) is 0 Å². The normalized spacial score (nSPS) is 32.7. The number of amides is 1. The van der Waals surface area contributed by atoms with Gasteiger partial charge in [-0.15, -0.1) is 0 Å². The van der Waals surface area contributed by atoms with Crippen molar-refractivity contribution in [1.82, 2.24) is 9.80 Å². The summed E-state index contributed by atoms with van der Waals surface area (Å²) in [6.07, 6.45) is 0. The molecule has 2 aliphatic rings. The lowest BCUT2D eigenvalue weighted by Crippen LogP contribution is -2.34. The first kappa shape index (κ1) is 9.97. The minimum absolute atomic E-state index is 0.143. The van der Waals surface area contributed by atoms with Crippen molar-refractivity contribution in [3.05, 3.63) is 7.05 Å². The second-order valence-electron chi connectivity index (χ2n) is 4.95. The quantitative estimate of drug-likeness (QED) is 0.578. The van der Waals surface area contributed by atoms with Gasteiger partial charge in [-0.2, -0.15) is 0 Å². The van der Waals surface area contributed by atoms with Crippen molar-refractivity contribution in [2.45, 2.75) is 13.8 Å². The van der Waals surface area contributed by atoms with Crippen molar-refractivity contribution in [2.75, 3.05) is 26.2 Å². The summed E-state index contributed by atoms with van der Waals surface area (Å²) in [5.74, 6) is 1.81. The average molecular weight is 195 g/mol. The maximum Gasteiger partial charge on any atom is 0.225 e. The van der Waals surface area contributed by atoms with Crippen molar-refractivity contribution in [3.63, 3.8) is 0 Å². The van der Waals surface area contributed by atoms with E-state index >= 15 is 0 Å². The van der Waals surface area contributed by atoms with Crippen LogP contribution in [-0.2, 0) is 4.79 Å². The van der Waals surface area contributed by atoms with E-state index in [1.165, 1.54) is 0 Å². The number of rotatable bonds is 1. The average Bonchev–Trinajstić information content (AvgIpc) is 2.59. The van der Waals surface area contributed by atoms with Gasteiger partial charge in [-0.25, -0.2) is 0 Å². The molecule has 1 amide bonds. The maximum atomic E-state index is 11.8. The molecular weight excluding hydrogens is 176 g/mol. The fraction of sp³-hybridized carbons (Fsp3) is 0.818. The molecule has 0 aliphatic carbocycles. The monoisotopic (exact) mass is 195 g/mol. The molecule has 2 atom stereocenters. The SMILES string of the molecule is [CH2-]N1C[C@@H]2CN(C(=O)C(C)C)C[C@@H]2C1. The van der Waals surface area contributed by atoms with E-state index in [2.05, 4.69) is 11.9 Å². The Morgan fingerprint density at radius 2 is 1.71 bits per heavy atom. The van der Waals surface area contributed by atoms with E-state index in [1.54, 1.807) is 0 Å². The summed E-state index contributed by atoms with van der Waals surface area (Å²) in [7, 11) is 3.95. The molecule has 0 spiro atoms. The van der Waals surface area contributed by atoms with Crippen LogP contribution in [0.15, 0.2) is 0 Å². The van der Waals surface area contributed by atoms with Crippen LogP contribution >= 0.6 is 0 Å². The molecule has 0 aromatic heterocycles. The summed E-state index contributed by atoms with van der Waals surface area (Å²) >= 11 is 0. The molecule has 0 unspecified atom stereocenters. The fourth-order valence-electron chi connectivity index (χ4n) is 2.64. The highest BCUT2D eigenvalue weighted by atomic mass is 16.2. The van der Waals surface area contributed by atoms with Crippen LogP contribution in [0.1, 0.15) is 13.8 Å². The summed E-state index contributed by atoms with van der Waals surface area (Å²) in [5, 5.41) is 0. The zero-order valence-electron chi connectivity index (χ0n) is 9.07. The number of carbonyl (C=O) groups is 1. The predicted octanol–water partition coefficient (Wildman–Crippen LogP) is 0.824. The second kappa shape index (κ2) is 3.54. The lowest BCUT2D eigenvalue weighted by Gasteiger charge is -2.23. The molecular formula is C11H19N2O-. The Morgan fingerprint density at radius 1 is 1.21 bits per heavy atom. The van der Waals surface area contributed by atoms with Crippen molar-refractivity contribution in [3.8, 4) is 0 Å².